The number of methoxy groups -OCH3 is 1. The Bertz CT molecular complexity index is 276. The third kappa shape index (κ3) is 3.41. The van der Waals surface area contributed by atoms with E-state index in [1.54, 1.807) is 18.7 Å². The molecule has 1 aromatic rings. The molecule has 3 N–H and O–H groups in total. The molecule has 5 nitrogen and oxygen atoms in total. The number of hydrogen-bond acceptors (Lipinski definition) is 5. The number of nitrogens with one attached hydrogen (secondary N) is 1. The zero-order valence-electron chi connectivity index (χ0n) is 7.90. The van der Waals surface area contributed by atoms with Crippen LogP contribution in [0.5, 0.6) is 0 Å². The standard InChI is InChI=1S/C8H13N3O2S/c1-13-4-2-6(9)7(12)11-8-10-3-5-14-8/h3,5-6H,2,4,9H2,1H3,(H,10,11,12). The number of ether oxygens (including phenoxy) is 1. The smallest absolute Gasteiger partial charge is 0.243 e. The van der Waals surface area contributed by atoms with Gasteiger partial charge in [0, 0.05) is 25.3 Å². The number of aromatic nitrogens is 1. The van der Waals surface area contributed by atoms with Gasteiger partial charge in [-0.1, -0.05) is 0 Å². The first kappa shape index (κ1) is 11.1. The molecule has 1 amide bonds. The number of amides is 1. The number of carbonyl (C=O) groups excluding carboxylic acids is 1. The van der Waals surface area contributed by atoms with E-state index in [2.05, 4.69) is 10.3 Å². The lowest BCUT2D eigenvalue weighted by atomic mass is 10.2. The van der Waals surface area contributed by atoms with Gasteiger partial charge in [0.25, 0.3) is 0 Å². The number of nitrogens with zero attached hydrogens (tertiary/aromatic N) is 1. The van der Waals surface area contributed by atoms with Crippen LogP contribution in [-0.2, 0) is 9.53 Å². The molecule has 6 heteroatoms. The predicted octanol–water partition coefficient (Wildman–Crippen LogP) is 0.445. The van der Waals surface area contributed by atoms with Crippen molar-refractivity contribution < 1.29 is 9.53 Å². The quantitative estimate of drug-likeness (QED) is 0.747. The van der Waals surface area contributed by atoms with Crippen molar-refractivity contribution in [3.8, 4) is 0 Å². The van der Waals surface area contributed by atoms with Crippen molar-refractivity contribution in [3.63, 3.8) is 0 Å². The fraction of sp³-hybridized carbons (Fsp3) is 0.500. The highest BCUT2D eigenvalue weighted by Gasteiger charge is 2.13. The van der Waals surface area contributed by atoms with Gasteiger partial charge in [0.15, 0.2) is 5.13 Å². The van der Waals surface area contributed by atoms with Crippen molar-refractivity contribution in [1.82, 2.24) is 4.98 Å². The highest BCUT2D eigenvalue weighted by molar-refractivity contribution is 7.13. The molecule has 14 heavy (non-hydrogen) atoms. The fourth-order valence-corrected chi connectivity index (χ4v) is 1.39. The van der Waals surface area contributed by atoms with E-state index in [1.165, 1.54) is 11.3 Å². The second-order valence-electron chi connectivity index (χ2n) is 2.71. The van der Waals surface area contributed by atoms with E-state index in [1.807, 2.05) is 0 Å². The maximum Gasteiger partial charge on any atom is 0.243 e. The summed E-state index contributed by atoms with van der Waals surface area (Å²) in [5, 5.41) is 4.98. The van der Waals surface area contributed by atoms with Crippen LogP contribution in [0, 0.1) is 0 Å². The normalized spacial score (nSPS) is 12.4. The van der Waals surface area contributed by atoms with E-state index >= 15 is 0 Å². The highest BCUT2D eigenvalue weighted by Crippen LogP contribution is 2.10. The van der Waals surface area contributed by atoms with Gasteiger partial charge in [0.2, 0.25) is 5.91 Å². The Morgan fingerprint density at radius 2 is 2.64 bits per heavy atom. The van der Waals surface area contributed by atoms with Gasteiger partial charge in [-0.15, -0.1) is 11.3 Å². The molecule has 0 saturated heterocycles. The summed E-state index contributed by atoms with van der Waals surface area (Å²) in [6.45, 7) is 0.479. The first-order valence-electron chi connectivity index (χ1n) is 4.19. The maximum absolute atomic E-state index is 11.4. The minimum Gasteiger partial charge on any atom is -0.385 e. The molecule has 0 aliphatic carbocycles. The van der Waals surface area contributed by atoms with Gasteiger partial charge in [-0.3, -0.25) is 4.79 Å². The van der Waals surface area contributed by atoms with Gasteiger partial charge < -0.3 is 15.8 Å². The molecule has 0 bridgehead atoms. The van der Waals surface area contributed by atoms with Crippen LogP contribution in [-0.4, -0.2) is 30.6 Å². The van der Waals surface area contributed by atoms with Gasteiger partial charge in [-0.05, 0) is 6.42 Å². The molecular formula is C8H13N3O2S. The molecule has 1 heterocycles. The zero-order chi connectivity index (χ0) is 10.4. The number of hydrogen-bond donors (Lipinski definition) is 2. The second-order valence-corrected chi connectivity index (χ2v) is 3.61. The van der Waals surface area contributed by atoms with Crippen LogP contribution in [0.15, 0.2) is 11.6 Å². The fourth-order valence-electron chi connectivity index (χ4n) is 0.859. The summed E-state index contributed by atoms with van der Waals surface area (Å²) in [6.07, 6.45) is 2.13. The Hall–Kier alpha value is -0.980. The van der Waals surface area contributed by atoms with Crippen LogP contribution in [0.2, 0.25) is 0 Å². The van der Waals surface area contributed by atoms with E-state index in [9.17, 15) is 4.79 Å². The second kappa shape index (κ2) is 5.69. The van der Waals surface area contributed by atoms with E-state index in [0.717, 1.165) is 0 Å². The first-order chi connectivity index (χ1) is 6.74. The minimum absolute atomic E-state index is 0.225. The predicted molar refractivity (Wildman–Crippen MR) is 55.2 cm³/mol. The SMILES string of the molecule is COCCC(N)C(=O)Nc1nccs1. The van der Waals surface area contributed by atoms with Crippen LogP contribution in [0.1, 0.15) is 6.42 Å². The van der Waals surface area contributed by atoms with Crippen molar-refractivity contribution in [2.75, 3.05) is 19.0 Å². The largest absolute Gasteiger partial charge is 0.385 e. The van der Waals surface area contributed by atoms with Gasteiger partial charge in [-0.25, -0.2) is 4.98 Å². The topological polar surface area (TPSA) is 77.2 Å². The third-order valence-corrected chi connectivity index (χ3v) is 2.32. The van der Waals surface area contributed by atoms with E-state index < -0.39 is 6.04 Å². The third-order valence-electron chi connectivity index (χ3n) is 1.63. The number of rotatable bonds is 5. The van der Waals surface area contributed by atoms with Gasteiger partial charge in [-0.2, -0.15) is 0 Å². The minimum atomic E-state index is -0.543. The molecule has 1 atom stereocenters. The summed E-state index contributed by atoms with van der Waals surface area (Å²) in [7, 11) is 1.57. The lowest BCUT2D eigenvalue weighted by Crippen LogP contribution is -2.36. The average Bonchev–Trinajstić information content (AvgIpc) is 2.66. The molecular weight excluding hydrogens is 202 g/mol. The monoisotopic (exact) mass is 215 g/mol. The van der Waals surface area contributed by atoms with Gasteiger partial charge >= 0.3 is 0 Å². The van der Waals surface area contributed by atoms with Crippen LogP contribution < -0.4 is 11.1 Å². The Morgan fingerprint density at radius 1 is 1.86 bits per heavy atom. The van der Waals surface area contributed by atoms with Crippen molar-refractivity contribution in [3.05, 3.63) is 11.6 Å². The van der Waals surface area contributed by atoms with Gasteiger partial charge in [0.05, 0.1) is 6.04 Å². The number of anilines is 1. The Kier molecular flexibility index (Phi) is 4.51. The van der Waals surface area contributed by atoms with Crippen LogP contribution in [0.3, 0.4) is 0 Å². The lowest BCUT2D eigenvalue weighted by molar-refractivity contribution is -0.117. The van der Waals surface area contributed by atoms with Crippen molar-refractivity contribution in [2.24, 2.45) is 5.73 Å². The molecule has 0 saturated carbocycles. The number of thiazole rings is 1. The molecule has 0 radical (unpaired) electrons. The molecule has 78 valence electrons. The molecule has 1 unspecified atom stereocenters. The van der Waals surface area contributed by atoms with Crippen molar-refractivity contribution >= 4 is 22.4 Å². The number of nitrogens with two attached hydrogens (primary N) is 1. The summed E-state index contributed by atoms with van der Waals surface area (Å²) in [6, 6.07) is -0.543. The van der Waals surface area contributed by atoms with E-state index in [-0.39, 0.29) is 5.91 Å². The summed E-state index contributed by atoms with van der Waals surface area (Å²) in [4.78, 5) is 15.3. The number of carbonyl (C=O) groups is 1. The Morgan fingerprint density at radius 3 is 3.21 bits per heavy atom. The summed E-state index contributed by atoms with van der Waals surface area (Å²) >= 11 is 1.36. The zero-order valence-corrected chi connectivity index (χ0v) is 8.71. The van der Waals surface area contributed by atoms with Crippen molar-refractivity contribution in [1.29, 1.82) is 0 Å². The van der Waals surface area contributed by atoms with E-state index in [4.69, 9.17) is 10.5 Å². The highest BCUT2D eigenvalue weighted by atomic mass is 32.1. The summed E-state index contributed by atoms with van der Waals surface area (Å²) in [5.41, 5.74) is 5.60. The van der Waals surface area contributed by atoms with Gasteiger partial charge in [0.1, 0.15) is 0 Å². The molecule has 0 aromatic carbocycles. The molecule has 0 aliphatic rings. The first-order valence-corrected chi connectivity index (χ1v) is 5.07. The molecule has 1 aromatic heterocycles. The van der Waals surface area contributed by atoms with Crippen molar-refractivity contribution in [2.45, 2.75) is 12.5 Å². The molecule has 1 rings (SSSR count). The van der Waals surface area contributed by atoms with E-state index in [0.29, 0.717) is 18.2 Å². The molecule has 0 spiro atoms. The Balaban J connectivity index is 2.34. The molecule has 0 fully saturated rings. The molecule has 0 aliphatic heterocycles. The van der Waals surface area contributed by atoms with Crippen LogP contribution in [0.4, 0.5) is 5.13 Å². The lowest BCUT2D eigenvalue weighted by Gasteiger charge is -2.09. The van der Waals surface area contributed by atoms with Crippen LogP contribution in [0.25, 0.3) is 0 Å². The van der Waals surface area contributed by atoms with Crippen LogP contribution >= 0.6 is 11.3 Å². The summed E-state index contributed by atoms with van der Waals surface area (Å²) in [5.74, 6) is -0.225. The summed E-state index contributed by atoms with van der Waals surface area (Å²) < 4.78 is 4.82. The Labute approximate surface area is 86.3 Å². The maximum atomic E-state index is 11.4. The average molecular weight is 215 g/mol.